The first-order valence-electron chi connectivity index (χ1n) is 7.41. The highest BCUT2D eigenvalue weighted by molar-refractivity contribution is 5.99. The number of carboxylic acid groups (broad SMARTS) is 1. The van der Waals surface area contributed by atoms with Gasteiger partial charge >= 0.3 is 5.97 Å². The summed E-state index contributed by atoms with van der Waals surface area (Å²) in [7, 11) is 0. The van der Waals surface area contributed by atoms with Gasteiger partial charge in [0, 0.05) is 11.1 Å². The van der Waals surface area contributed by atoms with Crippen molar-refractivity contribution in [3.05, 3.63) is 77.5 Å². The Balaban J connectivity index is 1.70. The second-order valence-corrected chi connectivity index (χ2v) is 5.12. The Hall–Kier alpha value is -3.74. The first-order valence-corrected chi connectivity index (χ1v) is 7.41. The van der Waals surface area contributed by atoms with Crippen LogP contribution in [0, 0.1) is 0 Å². The summed E-state index contributed by atoms with van der Waals surface area (Å²) in [6.45, 7) is 0. The van der Waals surface area contributed by atoms with Crippen molar-refractivity contribution in [1.29, 1.82) is 0 Å². The average molecular weight is 334 g/mol. The van der Waals surface area contributed by atoms with Crippen molar-refractivity contribution < 1.29 is 14.7 Å². The highest BCUT2D eigenvalue weighted by Gasteiger charge is 2.10. The molecular formula is C18H14N4O3. The van der Waals surface area contributed by atoms with E-state index in [0.717, 1.165) is 5.56 Å². The number of aromatic amines is 1. The zero-order valence-electron chi connectivity index (χ0n) is 13.0. The second-order valence-electron chi connectivity index (χ2n) is 5.12. The number of aromatic nitrogens is 2. The minimum atomic E-state index is -1.06. The summed E-state index contributed by atoms with van der Waals surface area (Å²) in [6, 6.07) is 17.4. The number of hydrazone groups is 1. The van der Waals surface area contributed by atoms with Crippen LogP contribution in [0.2, 0.25) is 0 Å². The first-order chi connectivity index (χ1) is 12.1. The van der Waals surface area contributed by atoms with Crippen LogP contribution in [0.15, 0.2) is 65.8 Å². The van der Waals surface area contributed by atoms with Crippen LogP contribution in [0.1, 0.15) is 26.4 Å². The molecule has 1 heterocycles. The summed E-state index contributed by atoms with van der Waals surface area (Å²) in [6.07, 6.45) is 1.29. The van der Waals surface area contributed by atoms with Gasteiger partial charge in [0.25, 0.3) is 5.91 Å². The monoisotopic (exact) mass is 334 g/mol. The average Bonchev–Trinajstić information content (AvgIpc) is 3.13. The molecule has 0 saturated heterocycles. The van der Waals surface area contributed by atoms with Crippen LogP contribution in [-0.2, 0) is 0 Å². The van der Waals surface area contributed by atoms with Crippen LogP contribution < -0.4 is 5.43 Å². The number of amides is 1. The van der Waals surface area contributed by atoms with Gasteiger partial charge in [0.15, 0.2) is 0 Å². The molecule has 0 unspecified atom stereocenters. The van der Waals surface area contributed by atoms with Crippen molar-refractivity contribution in [2.75, 3.05) is 0 Å². The van der Waals surface area contributed by atoms with Crippen LogP contribution >= 0.6 is 0 Å². The fourth-order valence-electron chi connectivity index (χ4n) is 2.22. The van der Waals surface area contributed by atoms with Gasteiger partial charge in [-0.15, -0.1) is 0 Å². The molecule has 0 bridgehead atoms. The van der Waals surface area contributed by atoms with Gasteiger partial charge in [-0.1, -0.05) is 48.5 Å². The molecule has 124 valence electrons. The van der Waals surface area contributed by atoms with Crippen LogP contribution in [0.4, 0.5) is 0 Å². The van der Waals surface area contributed by atoms with Gasteiger partial charge in [0.05, 0.1) is 17.5 Å². The Morgan fingerprint density at radius 1 is 1.08 bits per heavy atom. The van der Waals surface area contributed by atoms with E-state index in [9.17, 15) is 9.59 Å². The van der Waals surface area contributed by atoms with E-state index < -0.39 is 11.9 Å². The number of hydrogen-bond donors (Lipinski definition) is 3. The second kappa shape index (κ2) is 7.22. The zero-order valence-corrected chi connectivity index (χ0v) is 13.0. The molecule has 3 rings (SSSR count). The lowest BCUT2D eigenvalue weighted by atomic mass is 10.1. The Morgan fingerprint density at radius 2 is 1.80 bits per heavy atom. The van der Waals surface area contributed by atoms with E-state index >= 15 is 0 Å². The number of nitrogens with zero attached hydrogens (tertiary/aromatic N) is 2. The first kappa shape index (κ1) is 16.1. The predicted octanol–water partition coefficient (Wildman–Crippen LogP) is 2.54. The van der Waals surface area contributed by atoms with E-state index in [1.807, 2.05) is 30.3 Å². The van der Waals surface area contributed by atoms with Gasteiger partial charge < -0.3 is 5.11 Å². The summed E-state index contributed by atoms with van der Waals surface area (Å²) in [4.78, 5) is 23.2. The van der Waals surface area contributed by atoms with Crippen molar-refractivity contribution >= 4 is 18.1 Å². The molecule has 7 nitrogen and oxygen atoms in total. The number of carboxylic acids is 1. The van der Waals surface area contributed by atoms with E-state index in [0.29, 0.717) is 11.3 Å². The van der Waals surface area contributed by atoms with Crippen LogP contribution in [-0.4, -0.2) is 33.4 Å². The molecule has 25 heavy (non-hydrogen) atoms. The minimum Gasteiger partial charge on any atom is -0.478 e. The molecule has 0 saturated carbocycles. The fourth-order valence-corrected chi connectivity index (χ4v) is 2.22. The Bertz CT molecular complexity index is 932. The van der Waals surface area contributed by atoms with E-state index in [1.54, 1.807) is 24.3 Å². The lowest BCUT2D eigenvalue weighted by Gasteiger charge is -2.00. The Morgan fingerprint density at radius 3 is 2.56 bits per heavy atom. The third kappa shape index (κ3) is 3.78. The van der Waals surface area contributed by atoms with Crippen LogP contribution in [0.3, 0.4) is 0 Å². The van der Waals surface area contributed by atoms with Crippen molar-refractivity contribution in [3.8, 4) is 11.3 Å². The third-order valence-electron chi connectivity index (χ3n) is 3.45. The van der Waals surface area contributed by atoms with Crippen molar-refractivity contribution in [1.82, 2.24) is 15.6 Å². The number of benzene rings is 2. The Kier molecular flexibility index (Phi) is 4.66. The van der Waals surface area contributed by atoms with Gasteiger partial charge in [-0.25, -0.2) is 10.2 Å². The molecule has 1 aromatic heterocycles. The molecule has 2 aromatic carbocycles. The lowest BCUT2D eigenvalue weighted by Crippen LogP contribution is -2.18. The predicted molar refractivity (Wildman–Crippen MR) is 92.5 cm³/mol. The molecule has 0 radical (unpaired) electrons. The number of carbonyl (C=O) groups excluding carboxylic acids is 1. The molecule has 3 aromatic rings. The largest absolute Gasteiger partial charge is 0.478 e. The van der Waals surface area contributed by atoms with Gasteiger partial charge in [0.1, 0.15) is 5.69 Å². The topological polar surface area (TPSA) is 107 Å². The highest BCUT2D eigenvalue weighted by Crippen LogP contribution is 2.16. The summed E-state index contributed by atoms with van der Waals surface area (Å²) >= 11 is 0. The molecule has 3 N–H and O–H groups in total. The molecule has 0 aliphatic carbocycles. The fraction of sp³-hybridized carbons (Fsp3) is 0. The molecule has 0 aliphatic heterocycles. The lowest BCUT2D eigenvalue weighted by molar-refractivity contribution is 0.0696. The van der Waals surface area contributed by atoms with Crippen LogP contribution in [0.5, 0.6) is 0 Å². The maximum Gasteiger partial charge on any atom is 0.336 e. The van der Waals surface area contributed by atoms with Crippen molar-refractivity contribution in [3.63, 3.8) is 0 Å². The smallest absolute Gasteiger partial charge is 0.336 e. The molecule has 1 amide bonds. The van der Waals surface area contributed by atoms with E-state index in [2.05, 4.69) is 20.7 Å². The summed E-state index contributed by atoms with van der Waals surface area (Å²) in [5.41, 5.74) is 4.63. The molecule has 0 spiro atoms. The number of nitrogens with one attached hydrogen (secondary N) is 2. The maximum absolute atomic E-state index is 12.1. The quantitative estimate of drug-likeness (QED) is 0.492. The molecular weight excluding hydrogens is 320 g/mol. The van der Waals surface area contributed by atoms with Crippen molar-refractivity contribution in [2.24, 2.45) is 5.10 Å². The highest BCUT2D eigenvalue weighted by atomic mass is 16.4. The van der Waals surface area contributed by atoms with Crippen molar-refractivity contribution in [2.45, 2.75) is 0 Å². The number of hydrogen-bond acceptors (Lipinski definition) is 4. The summed E-state index contributed by atoms with van der Waals surface area (Å²) in [5.74, 6) is -1.53. The SMILES string of the molecule is O=C(NN=Cc1ccccc1C(=O)O)c1cc(-c2ccccc2)n[nH]1. The number of H-pyrrole nitrogens is 1. The zero-order chi connectivity index (χ0) is 17.6. The number of carbonyl (C=O) groups is 2. The Labute approximate surface area is 143 Å². The molecule has 0 aliphatic rings. The maximum atomic E-state index is 12.1. The van der Waals surface area contributed by atoms with Gasteiger partial charge in [-0.05, 0) is 12.1 Å². The van der Waals surface area contributed by atoms with E-state index in [-0.39, 0.29) is 11.3 Å². The summed E-state index contributed by atoms with van der Waals surface area (Å²) < 4.78 is 0. The van der Waals surface area contributed by atoms with Gasteiger partial charge in [0.2, 0.25) is 0 Å². The minimum absolute atomic E-state index is 0.105. The normalized spacial score (nSPS) is 10.7. The van der Waals surface area contributed by atoms with Gasteiger partial charge in [-0.2, -0.15) is 10.2 Å². The number of aromatic carboxylic acids is 1. The summed E-state index contributed by atoms with van der Waals surface area (Å²) in [5, 5.41) is 19.7. The van der Waals surface area contributed by atoms with Crippen LogP contribution in [0.25, 0.3) is 11.3 Å². The van der Waals surface area contributed by atoms with E-state index in [4.69, 9.17) is 5.11 Å². The molecule has 0 atom stereocenters. The number of rotatable bonds is 5. The van der Waals surface area contributed by atoms with E-state index in [1.165, 1.54) is 12.3 Å². The molecule has 7 heteroatoms. The van der Waals surface area contributed by atoms with Gasteiger partial charge in [-0.3, -0.25) is 9.89 Å². The molecule has 0 fully saturated rings. The third-order valence-corrected chi connectivity index (χ3v) is 3.45. The standard InChI is InChI=1S/C18H14N4O3/c23-17(16-10-15(20-21-16)12-6-2-1-3-7-12)22-19-11-13-8-4-5-9-14(13)18(24)25/h1-11H,(H,20,21)(H,22,23)(H,24,25).